The van der Waals surface area contributed by atoms with Gasteiger partial charge in [-0.05, 0) is 18.2 Å². The summed E-state index contributed by atoms with van der Waals surface area (Å²) >= 11 is 1.27. The maximum atomic E-state index is 12.5. The highest BCUT2D eigenvalue weighted by Gasteiger charge is 2.30. The van der Waals surface area contributed by atoms with E-state index in [9.17, 15) is 13.2 Å². The molecule has 0 aliphatic heterocycles. The molecule has 2 rings (SSSR count). The Labute approximate surface area is 111 Å². The summed E-state index contributed by atoms with van der Waals surface area (Å²) in [5.74, 6) is 5.33. The number of rotatable bonds is 4. The van der Waals surface area contributed by atoms with Crippen LogP contribution in [0.2, 0.25) is 0 Å². The number of nitrogens with one attached hydrogen (secondary N) is 1. The van der Waals surface area contributed by atoms with Crippen LogP contribution in [-0.2, 0) is 12.8 Å². The number of anilines is 1. The van der Waals surface area contributed by atoms with E-state index in [-0.39, 0.29) is 12.4 Å². The van der Waals surface area contributed by atoms with Gasteiger partial charge in [0.2, 0.25) is 0 Å². The van der Waals surface area contributed by atoms with Gasteiger partial charge in [0.05, 0.1) is 10.4 Å². The lowest BCUT2D eigenvalue weighted by molar-refractivity contribution is -0.137. The zero-order valence-electron chi connectivity index (χ0n) is 9.57. The third-order valence-corrected chi connectivity index (χ3v) is 3.12. The van der Waals surface area contributed by atoms with Crippen LogP contribution in [0, 0.1) is 0 Å². The SMILES string of the molecule is NNc1ncc(COc2cccc(C(F)(F)F)c2)s1. The van der Waals surface area contributed by atoms with Crippen LogP contribution in [0.25, 0.3) is 0 Å². The molecule has 1 aromatic carbocycles. The first kappa shape index (κ1) is 13.6. The Balaban J connectivity index is 2.03. The first-order chi connectivity index (χ1) is 8.99. The number of halogens is 3. The van der Waals surface area contributed by atoms with E-state index in [2.05, 4.69) is 10.4 Å². The van der Waals surface area contributed by atoms with Crippen molar-refractivity contribution >= 4 is 16.5 Å². The van der Waals surface area contributed by atoms with Crippen LogP contribution in [0.15, 0.2) is 30.5 Å². The molecule has 2 aromatic rings. The second kappa shape index (κ2) is 5.45. The van der Waals surface area contributed by atoms with Crippen molar-refractivity contribution in [3.8, 4) is 5.75 Å². The van der Waals surface area contributed by atoms with Gasteiger partial charge in [-0.2, -0.15) is 13.2 Å². The molecule has 0 radical (unpaired) electrons. The Bertz CT molecular complexity index is 556. The van der Waals surface area contributed by atoms with Crippen molar-refractivity contribution in [1.82, 2.24) is 4.98 Å². The number of hydrogen-bond donors (Lipinski definition) is 2. The number of nitrogen functional groups attached to an aromatic ring is 1. The summed E-state index contributed by atoms with van der Waals surface area (Å²) in [6.07, 6.45) is -2.83. The van der Waals surface area contributed by atoms with E-state index in [1.54, 1.807) is 6.20 Å². The second-order valence-corrected chi connectivity index (χ2v) is 4.71. The molecule has 1 heterocycles. The van der Waals surface area contributed by atoms with Crippen molar-refractivity contribution in [2.45, 2.75) is 12.8 Å². The quantitative estimate of drug-likeness (QED) is 0.671. The van der Waals surface area contributed by atoms with Crippen LogP contribution < -0.4 is 16.0 Å². The average molecular weight is 289 g/mol. The predicted molar refractivity (Wildman–Crippen MR) is 65.7 cm³/mol. The number of nitrogens with two attached hydrogens (primary N) is 1. The van der Waals surface area contributed by atoms with Crippen molar-refractivity contribution in [1.29, 1.82) is 0 Å². The number of hydrogen-bond acceptors (Lipinski definition) is 5. The van der Waals surface area contributed by atoms with Crippen LogP contribution in [0.3, 0.4) is 0 Å². The van der Waals surface area contributed by atoms with E-state index in [1.807, 2.05) is 0 Å². The fourth-order valence-corrected chi connectivity index (χ4v) is 1.99. The van der Waals surface area contributed by atoms with Crippen LogP contribution >= 0.6 is 11.3 Å². The highest BCUT2D eigenvalue weighted by Crippen LogP contribution is 2.31. The van der Waals surface area contributed by atoms with E-state index in [1.165, 1.54) is 23.5 Å². The van der Waals surface area contributed by atoms with Gasteiger partial charge in [0.25, 0.3) is 0 Å². The summed E-state index contributed by atoms with van der Waals surface area (Å²) in [4.78, 5) is 4.68. The lowest BCUT2D eigenvalue weighted by atomic mass is 10.2. The zero-order valence-corrected chi connectivity index (χ0v) is 10.4. The number of aromatic nitrogens is 1. The largest absolute Gasteiger partial charge is 0.488 e. The Kier molecular flexibility index (Phi) is 3.91. The Morgan fingerprint density at radius 1 is 1.37 bits per heavy atom. The van der Waals surface area contributed by atoms with Crippen molar-refractivity contribution in [3.63, 3.8) is 0 Å². The standard InChI is InChI=1S/C11H10F3N3OS/c12-11(13,14)7-2-1-3-8(4-7)18-6-9-5-16-10(17-15)19-9/h1-5H,6,15H2,(H,16,17). The number of benzene rings is 1. The van der Waals surface area contributed by atoms with Gasteiger partial charge in [0.15, 0.2) is 5.13 Å². The van der Waals surface area contributed by atoms with Crippen molar-refractivity contribution in [2.24, 2.45) is 5.84 Å². The fourth-order valence-electron chi connectivity index (χ4n) is 1.36. The minimum atomic E-state index is -4.37. The molecule has 8 heteroatoms. The molecular formula is C11H10F3N3OS. The zero-order chi connectivity index (χ0) is 13.9. The third kappa shape index (κ3) is 3.58. The molecule has 0 unspecified atom stereocenters. The molecule has 19 heavy (non-hydrogen) atoms. The molecule has 0 bridgehead atoms. The lowest BCUT2D eigenvalue weighted by Crippen LogP contribution is -2.05. The topological polar surface area (TPSA) is 60.2 Å². The molecule has 102 valence electrons. The average Bonchev–Trinajstić information content (AvgIpc) is 2.84. The van der Waals surface area contributed by atoms with Crippen LogP contribution in [0.1, 0.15) is 10.4 Å². The van der Waals surface area contributed by atoms with Gasteiger partial charge in [-0.3, -0.25) is 5.43 Å². The normalized spacial score (nSPS) is 11.4. The molecular weight excluding hydrogens is 279 g/mol. The minimum absolute atomic E-state index is 0.140. The second-order valence-electron chi connectivity index (χ2n) is 3.59. The summed E-state index contributed by atoms with van der Waals surface area (Å²) in [5, 5.41) is 0.516. The highest BCUT2D eigenvalue weighted by atomic mass is 32.1. The molecule has 1 aromatic heterocycles. The Hall–Kier alpha value is -1.80. The summed E-state index contributed by atoms with van der Waals surface area (Å²) in [7, 11) is 0. The van der Waals surface area contributed by atoms with Crippen molar-refractivity contribution < 1.29 is 17.9 Å². The van der Waals surface area contributed by atoms with Crippen LogP contribution in [-0.4, -0.2) is 4.98 Å². The number of nitrogens with zero attached hydrogens (tertiary/aromatic N) is 1. The molecule has 0 aliphatic carbocycles. The molecule has 0 aliphatic rings. The van der Waals surface area contributed by atoms with E-state index in [0.717, 1.165) is 17.0 Å². The number of alkyl halides is 3. The Morgan fingerprint density at radius 2 is 2.16 bits per heavy atom. The molecule has 0 amide bonds. The highest BCUT2D eigenvalue weighted by molar-refractivity contribution is 7.15. The van der Waals surface area contributed by atoms with Gasteiger partial charge in [0, 0.05) is 6.20 Å². The van der Waals surface area contributed by atoms with E-state index >= 15 is 0 Å². The summed E-state index contributed by atoms with van der Waals surface area (Å²) < 4.78 is 42.8. The van der Waals surface area contributed by atoms with Gasteiger partial charge in [0.1, 0.15) is 12.4 Å². The Morgan fingerprint density at radius 3 is 2.79 bits per heavy atom. The monoisotopic (exact) mass is 289 g/mol. The molecule has 0 saturated carbocycles. The number of thiazole rings is 1. The van der Waals surface area contributed by atoms with Gasteiger partial charge in [-0.15, -0.1) is 0 Å². The maximum Gasteiger partial charge on any atom is 0.416 e. The third-order valence-electron chi connectivity index (χ3n) is 2.22. The van der Waals surface area contributed by atoms with E-state index in [0.29, 0.717) is 5.13 Å². The molecule has 0 spiro atoms. The van der Waals surface area contributed by atoms with Gasteiger partial charge >= 0.3 is 6.18 Å². The van der Waals surface area contributed by atoms with E-state index in [4.69, 9.17) is 10.6 Å². The molecule has 0 fully saturated rings. The smallest absolute Gasteiger partial charge is 0.416 e. The van der Waals surface area contributed by atoms with Gasteiger partial charge in [-0.1, -0.05) is 17.4 Å². The van der Waals surface area contributed by atoms with Gasteiger partial charge in [-0.25, -0.2) is 10.8 Å². The predicted octanol–water partition coefficient (Wildman–Crippen LogP) is 3.03. The van der Waals surface area contributed by atoms with Crippen molar-refractivity contribution in [2.75, 3.05) is 5.43 Å². The minimum Gasteiger partial charge on any atom is -0.488 e. The summed E-state index contributed by atoms with van der Waals surface area (Å²) in [6, 6.07) is 4.73. The lowest BCUT2D eigenvalue weighted by Gasteiger charge is -2.09. The molecule has 4 nitrogen and oxygen atoms in total. The number of hydrazine groups is 1. The van der Waals surface area contributed by atoms with Crippen LogP contribution in [0.5, 0.6) is 5.75 Å². The van der Waals surface area contributed by atoms with Gasteiger partial charge < -0.3 is 4.74 Å². The maximum absolute atomic E-state index is 12.5. The summed E-state index contributed by atoms with van der Waals surface area (Å²) in [6.45, 7) is 0.140. The first-order valence-corrected chi connectivity index (χ1v) is 6.02. The summed E-state index contributed by atoms with van der Waals surface area (Å²) in [5.41, 5.74) is 1.64. The molecule has 0 atom stereocenters. The molecule has 3 N–H and O–H groups in total. The van der Waals surface area contributed by atoms with Crippen LogP contribution in [0.4, 0.5) is 18.3 Å². The van der Waals surface area contributed by atoms with E-state index < -0.39 is 11.7 Å². The van der Waals surface area contributed by atoms with Crippen molar-refractivity contribution in [3.05, 3.63) is 40.9 Å². The fraction of sp³-hybridized carbons (Fsp3) is 0.182. The molecule has 0 saturated heterocycles. The number of ether oxygens (including phenoxy) is 1. The first-order valence-electron chi connectivity index (χ1n) is 5.20.